The summed E-state index contributed by atoms with van der Waals surface area (Å²) in [6.45, 7) is 3.52. The van der Waals surface area contributed by atoms with Gasteiger partial charge in [0.15, 0.2) is 12.4 Å². The molecule has 0 bridgehead atoms. The van der Waals surface area contributed by atoms with E-state index in [0.717, 1.165) is 18.4 Å². The van der Waals surface area contributed by atoms with E-state index in [-0.39, 0.29) is 24.3 Å². The van der Waals surface area contributed by atoms with E-state index in [1.165, 1.54) is 6.92 Å². The van der Waals surface area contributed by atoms with E-state index in [0.29, 0.717) is 11.3 Å². The molecular weight excluding hydrogens is 302 g/mol. The third-order valence-corrected chi connectivity index (χ3v) is 3.73. The molecule has 0 fully saturated rings. The predicted octanol–water partition coefficient (Wildman–Crippen LogP) is 3.93. The molecule has 4 nitrogen and oxygen atoms in total. The highest BCUT2D eigenvalue weighted by atomic mass is 16.5. The van der Waals surface area contributed by atoms with Crippen molar-refractivity contribution in [2.45, 2.75) is 32.7 Å². The second-order valence-corrected chi connectivity index (χ2v) is 5.69. The monoisotopic (exact) mass is 325 g/mol. The summed E-state index contributed by atoms with van der Waals surface area (Å²) in [6.07, 6.45) is 1.84. The van der Waals surface area contributed by atoms with Crippen LogP contribution >= 0.6 is 0 Å². The first kappa shape index (κ1) is 17.7. The normalized spacial score (nSPS) is 11.6. The molecule has 2 aromatic rings. The van der Waals surface area contributed by atoms with Gasteiger partial charge in [0.25, 0.3) is 5.91 Å². The van der Waals surface area contributed by atoms with Crippen molar-refractivity contribution in [3.05, 3.63) is 65.7 Å². The number of carbonyl (C=O) groups is 2. The number of Topliss-reactive ketones (excluding diaryl/α,β-unsaturated/α-hetero) is 1. The van der Waals surface area contributed by atoms with Crippen molar-refractivity contribution in [1.82, 2.24) is 5.32 Å². The lowest BCUT2D eigenvalue weighted by molar-refractivity contribution is -0.123. The minimum Gasteiger partial charge on any atom is -0.484 e. The van der Waals surface area contributed by atoms with Gasteiger partial charge < -0.3 is 10.1 Å². The number of rotatable bonds is 8. The highest BCUT2D eigenvalue weighted by Crippen LogP contribution is 2.18. The van der Waals surface area contributed by atoms with Crippen LogP contribution in [0.15, 0.2) is 54.6 Å². The number of hydrogen-bond donors (Lipinski definition) is 1. The summed E-state index contributed by atoms with van der Waals surface area (Å²) in [4.78, 5) is 23.6. The molecule has 0 radical (unpaired) electrons. The Hall–Kier alpha value is -2.62. The molecule has 126 valence electrons. The van der Waals surface area contributed by atoms with Crippen molar-refractivity contribution in [1.29, 1.82) is 0 Å². The lowest BCUT2D eigenvalue weighted by atomic mass is 10.0. The Morgan fingerprint density at radius 1 is 1.08 bits per heavy atom. The molecule has 1 atom stereocenters. The quantitative estimate of drug-likeness (QED) is 0.748. The number of ether oxygens (including phenoxy) is 1. The molecule has 1 N–H and O–H groups in total. The third kappa shape index (κ3) is 5.23. The molecular formula is C20H23NO3. The van der Waals surface area contributed by atoms with Crippen LogP contribution in [-0.2, 0) is 4.79 Å². The minimum atomic E-state index is -0.175. The van der Waals surface area contributed by atoms with Crippen LogP contribution in [0.3, 0.4) is 0 Å². The van der Waals surface area contributed by atoms with Gasteiger partial charge in [-0.2, -0.15) is 0 Å². The molecule has 2 rings (SSSR count). The van der Waals surface area contributed by atoms with E-state index >= 15 is 0 Å². The maximum Gasteiger partial charge on any atom is 0.258 e. The molecule has 0 aliphatic heterocycles. The van der Waals surface area contributed by atoms with E-state index in [4.69, 9.17) is 4.74 Å². The Kier molecular flexibility index (Phi) is 6.55. The molecule has 4 heteroatoms. The smallest absolute Gasteiger partial charge is 0.258 e. The van der Waals surface area contributed by atoms with E-state index in [9.17, 15) is 9.59 Å². The zero-order chi connectivity index (χ0) is 17.4. The number of carbonyl (C=O) groups excluding carboxylic acids is 2. The van der Waals surface area contributed by atoms with E-state index < -0.39 is 0 Å². The van der Waals surface area contributed by atoms with Gasteiger partial charge in [-0.05, 0) is 31.0 Å². The Morgan fingerprint density at radius 2 is 1.83 bits per heavy atom. The SMILES string of the molecule is CCCC(NC(=O)COc1cccc(C(C)=O)c1)c1ccccc1. The van der Waals surface area contributed by atoms with Gasteiger partial charge in [-0.15, -0.1) is 0 Å². The van der Waals surface area contributed by atoms with Gasteiger partial charge in [-0.1, -0.05) is 55.8 Å². The summed E-state index contributed by atoms with van der Waals surface area (Å²) < 4.78 is 5.51. The van der Waals surface area contributed by atoms with Crippen LogP contribution in [-0.4, -0.2) is 18.3 Å². The molecule has 0 saturated heterocycles. The van der Waals surface area contributed by atoms with Crippen LogP contribution in [0, 0.1) is 0 Å². The average Bonchev–Trinajstić information content (AvgIpc) is 2.60. The van der Waals surface area contributed by atoms with E-state index in [2.05, 4.69) is 12.2 Å². The van der Waals surface area contributed by atoms with Crippen molar-refractivity contribution < 1.29 is 14.3 Å². The Balaban J connectivity index is 1.94. The largest absolute Gasteiger partial charge is 0.484 e. The number of nitrogens with one attached hydrogen (secondary N) is 1. The van der Waals surface area contributed by atoms with Gasteiger partial charge in [0.05, 0.1) is 6.04 Å². The van der Waals surface area contributed by atoms with Gasteiger partial charge in [0.2, 0.25) is 0 Å². The van der Waals surface area contributed by atoms with Crippen LogP contribution in [0.1, 0.15) is 48.7 Å². The first-order valence-electron chi connectivity index (χ1n) is 8.18. The zero-order valence-corrected chi connectivity index (χ0v) is 14.1. The third-order valence-electron chi connectivity index (χ3n) is 3.73. The van der Waals surface area contributed by atoms with Crippen molar-refractivity contribution in [2.75, 3.05) is 6.61 Å². The minimum absolute atomic E-state index is 0.0177. The van der Waals surface area contributed by atoms with E-state index in [1.54, 1.807) is 24.3 Å². The molecule has 24 heavy (non-hydrogen) atoms. The van der Waals surface area contributed by atoms with Crippen LogP contribution < -0.4 is 10.1 Å². The second kappa shape index (κ2) is 8.87. The number of benzene rings is 2. The standard InChI is InChI=1S/C20H23NO3/c1-3-8-19(16-9-5-4-6-10-16)21-20(23)14-24-18-12-7-11-17(13-18)15(2)22/h4-7,9-13,19H,3,8,14H2,1-2H3,(H,21,23). The van der Waals surface area contributed by atoms with Crippen molar-refractivity contribution in [3.8, 4) is 5.75 Å². The lowest BCUT2D eigenvalue weighted by Gasteiger charge is -2.18. The Bertz CT molecular complexity index is 682. The van der Waals surface area contributed by atoms with Crippen molar-refractivity contribution >= 4 is 11.7 Å². The highest BCUT2D eigenvalue weighted by molar-refractivity contribution is 5.94. The van der Waals surface area contributed by atoms with Crippen LogP contribution in [0.4, 0.5) is 0 Å². The number of hydrogen-bond acceptors (Lipinski definition) is 3. The van der Waals surface area contributed by atoms with Crippen LogP contribution in [0.5, 0.6) is 5.75 Å². The topological polar surface area (TPSA) is 55.4 Å². The highest BCUT2D eigenvalue weighted by Gasteiger charge is 2.14. The second-order valence-electron chi connectivity index (χ2n) is 5.69. The van der Waals surface area contributed by atoms with Crippen LogP contribution in [0.2, 0.25) is 0 Å². The summed E-state index contributed by atoms with van der Waals surface area (Å²) in [7, 11) is 0. The van der Waals surface area contributed by atoms with Crippen molar-refractivity contribution in [3.63, 3.8) is 0 Å². The molecule has 0 heterocycles. The summed E-state index contributed by atoms with van der Waals surface area (Å²) >= 11 is 0. The molecule has 0 aliphatic rings. The molecule has 0 spiro atoms. The average molecular weight is 325 g/mol. The molecule has 1 amide bonds. The fourth-order valence-corrected chi connectivity index (χ4v) is 2.49. The number of amides is 1. The van der Waals surface area contributed by atoms with Crippen LogP contribution in [0.25, 0.3) is 0 Å². The molecule has 0 saturated carbocycles. The van der Waals surface area contributed by atoms with E-state index in [1.807, 2.05) is 30.3 Å². The summed E-state index contributed by atoms with van der Waals surface area (Å²) in [5, 5.41) is 3.01. The lowest BCUT2D eigenvalue weighted by Crippen LogP contribution is -2.32. The van der Waals surface area contributed by atoms with Gasteiger partial charge in [-0.25, -0.2) is 0 Å². The maximum absolute atomic E-state index is 12.2. The molecule has 2 aromatic carbocycles. The maximum atomic E-state index is 12.2. The first-order chi connectivity index (χ1) is 11.6. The fourth-order valence-electron chi connectivity index (χ4n) is 2.49. The summed E-state index contributed by atoms with van der Waals surface area (Å²) in [5.74, 6) is 0.312. The van der Waals surface area contributed by atoms with Gasteiger partial charge in [-0.3, -0.25) is 9.59 Å². The Labute approximate surface area is 142 Å². The van der Waals surface area contributed by atoms with Gasteiger partial charge in [0, 0.05) is 5.56 Å². The number of ketones is 1. The summed E-state index contributed by atoms with van der Waals surface area (Å²) in [6, 6.07) is 16.7. The Morgan fingerprint density at radius 3 is 2.50 bits per heavy atom. The fraction of sp³-hybridized carbons (Fsp3) is 0.300. The van der Waals surface area contributed by atoms with Gasteiger partial charge in [0.1, 0.15) is 5.75 Å². The van der Waals surface area contributed by atoms with Gasteiger partial charge >= 0.3 is 0 Å². The first-order valence-corrected chi connectivity index (χ1v) is 8.18. The zero-order valence-electron chi connectivity index (χ0n) is 14.1. The molecule has 0 aromatic heterocycles. The predicted molar refractivity (Wildman–Crippen MR) is 94.2 cm³/mol. The van der Waals surface area contributed by atoms with Crippen molar-refractivity contribution in [2.24, 2.45) is 0 Å². The molecule has 0 aliphatic carbocycles. The summed E-state index contributed by atoms with van der Waals surface area (Å²) in [5.41, 5.74) is 1.66. The molecule has 1 unspecified atom stereocenters.